The lowest BCUT2D eigenvalue weighted by Gasteiger charge is -2.21. The Morgan fingerprint density at radius 1 is 1.30 bits per heavy atom. The third-order valence-corrected chi connectivity index (χ3v) is 3.55. The standard InChI is InChI=1S/C16H21N3O/c1-11-8-9-19-16(17)15(11)13(18-2)10-12-6-4-5-7-14(12)20-3/h4-9,13,18H,10H2,1-3H3,(H2,17,19). The average Bonchev–Trinajstić information content (AvgIpc) is 2.46. The maximum Gasteiger partial charge on any atom is 0.128 e. The molecule has 1 aromatic carbocycles. The van der Waals surface area contributed by atoms with Gasteiger partial charge in [-0.1, -0.05) is 18.2 Å². The van der Waals surface area contributed by atoms with Crippen LogP contribution in [0.3, 0.4) is 0 Å². The van der Waals surface area contributed by atoms with E-state index in [1.54, 1.807) is 13.3 Å². The van der Waals surface area contributed by atoms with E-state index in [0.29, 0.717) is 5.82 Å². The molecule has 1 heterocycles. The summed E-state index contributed by atoms with van der Waals surface area (Å²) in [6, 6.07) is 10.1. The number of aryl methyl sites for hydroxylation is 1. The Hall–Kier alpha value is -2.07. The molecule has 0 spiro atoms. The van der Waals surface area contributed by atoms with Gasteiger partial charge in [0.15, 0.2) is 0 Å². The molecule has 0 saturated heterocycles. The summed E-state index contributed by atoms with van der Waals surface area (Å²) >= 11 is 0. The van der Waals surface area contributed by atoms with Crippen molar-refractivity contribution in [3.05, 3.63) is 53.2 Å². The van der Waals surface area contributed by atoms with Crippen LogP contribution in [-0.2, 0) is 6.42 Å². The molecule has 0 bridgehead atoms. The smallest absolute Gasteiger partial charge is 0.128 e. The van der Waals surface area contributed by atoms with Crippen LogP contribution in [0.15, 0.2) is 36.5 Å². The van der Waals surface area contributed by atoms with E-state index in [0.717, 1.165) is 28.9 Å². The van der Waals surface area contributed by atoms with Gasteiger partial charge < -0.3 is 15.8 Å². The van der Waals surface area contributed by atoms with Crippen LogP contribution in [0, 0.1) is 6.92 Å². The summed E-state index contributed by atoms with van der Waals surface area (Å²) in [5.74, 6) is 1.48. The summed E-state index contributed by atoms with van der Waals surface area (Å²) in [5.41, 5.74) is 9.39. The zero-order chi connectivity index (χ0) is 14.5. The number of aromatic nitrogens is 1. The van der Waals surface area contributed by atoms with Gasteiger partial charge in [0, 0.05) is 17.8 Å². The van der Waals surface area contributed by atoms with Gasteiger partial charge in [0.2, 0.25) is 0 Å². The van der Waals surface area contributed by atoms with Crippen molar-refractivity contribution in [3.63, 3.8) is 0 Å². The fourth-order valence-electron chi connectivity index (χ4n) is 2.48. The lowest BCUT2D eigenvalue weighted by molar-refractivity contribution is 0.406. The maximum absolute atomic E-state index is 6.04. The molecule has 0 radical (unpaired) electrons. The van der Waals surface area contributed by atoms with E-state index in [2.05, 4.69) is 23.3 Å². The van der Waals surface area contributed by atoms with E-state index in [9.17, 15) is 0 Å². The van der Waals surface area contributed by atoms with Crippen LogP contribution in [0.5, 0.6) is 5.75 Å². The Morgan fingerprint density at radius 3 is 2.70 bits per heavy atom. The number of hydrogen-bond donors (Lipinski definition) is 2. The highest BCUT2D eigenvalue weighted by Crippen LogP contribution is 2.28. The van der Waals surface area contributed by atoms with Gasteiger partial charge in [-0.25, -0.2) is 4.98 Å². The predicted octanol–water partition coefficient (Wildman–Crippen LogP) is 2.48. The Kier molecular flexibility index (Phi) is 4.58. The average molecular weight is 271 g/mol. The van der Waals surface area contributed by atoms with Gasteiger partial charge >= 0.3 is 0 Å². The number of rotatable bonds is 5. The first-order chi connectivity index (χ1) is 9.67. The monoisotopic (exact) mass is 271 g/mol. The summed E-state index contributed by atoms with van der Waals surface area (Å²) in [5, 5.41) is 3.32. The second-order valence-corrected chi connectivity index (χ2v) is 4.78. The van der Waals surface area contributed by atoms with Crippen LogP contribution >= 0.6 is 0 Å². The Balaban J connectivity index is 2.34. The van der Waals surface area contributed by atoms with Gasteiger partial charge in [0.1, 0.15) is 11.6 Å². The molecule has 0 fully saturated rings. The Morgan fingerprint density at radius 2 is 2.05 bits per heavy atom. The topological polar surface area (TPSA) is 60.2 Å². The summed E-state index contributed by atoms with van der Waals surface area (Å²) in [4.78, 5) is 4.20. The number of methoxy groups -OCH3 is 1. The molecule has 1 aromatic heterocycles. The number of benzene rings is 1. The number of hydrogen-bond acceptors (Lipinski definition) is 4. The van der Waals surface area contributed by atoms with Crippen LogP contribution < -0.4 is 15.8 Å². The molecule has 1 atom stereocenters. The highest BCUT2D eigenvalue weighted by Gasteiger charge is 2.17. The molecule has 2 rings (SSSR count). The van der Waals surface area contributed by atoms with Gasteiger partial charge in [-0.15, -0.1) is 0 Å². The van der Waals surface area contributed by atoms with Crippen molar-refractivity contribution in [1.82, 2.24) is 10.3 Å². The van der Waals surface area contributed by atoms with E-state index < -0.39 is 0 Å². The van der Waals surface area contributed by atoms with E-state index in [4.69, 9.17) is 10.5 Å². The molecule has 4 heteroatoms. The minimum Gasteiger partial charge on any atom is -0.496 e. The van der Waals surface area contributed by atoms with Crippen LogP contribution in [0.1, 0.15) is 22.7 Å². The van der Waals surface area contributed by atoms with E-state index in [-0.39, 0.29) is 6.04 Å². The van der Waals surface area contributed by atoms with E-state index in [1.807, 2.05) is 31.3 Å². The fraction of sp³-hybridized carbons (Fsp3) is 0.312. The van der Waals surface area contributed by atoms with Gasteiger partial charge in [-0.05, 0) is 43.7 Å². The van der Waals surface area contributed by atoms with Crippen molar-refractivity contribution in [1.29, 1.82) is 0 Å². The summed E-state index contributed by atoms with van der Waals surface area (Å²) in [6.07, 6.45) is 2.54. The highest BCUT2D eigenvalue weighted by atomic mass is 16.5. The predicted molar refractivity (Wildman–Crippen MR) is 81.9 cm³/mol. The van der Waals surface area contributed by atoms with Crippen molar-refractivity contribution < 1.29 is 4.74 Å². The lowest BCUT2D eigenvalue weighted by Crippen LogP contribution is -2.22. The minimum absolute atomic E-state index is 0.111. The first kappa shape index (κ1) is 14.3. The second-order valence-electron chi connectivity index (χ2n) is 4.78. The molecule has 0 saturated carbocycles. The zero-order valence-corrected chi connectivity index (χ0v) is 12.2. The SMILES string of the molecule is CNC(Cc1ccccc1OC)c1c(C)ccnc1N. The third kappa shape index (κ3) is 2.91. The number of likely N-dealkylation sites (N-methyl/N-ethyl adjacent to an activating group) is 1. The van der Waals surface area contributed by atoms with Crippen molar-refractivity contribution in [2.24, 2.45) is 0 Å². The van der Waals surface area contributed by atoms with Crippen molar-refractivity contribution in [2.75, 3.05) is 19.9 Å². The third-order valence-electron chi connectivity index (χ3n) is 3.55. The van der Waals surface area contributed by atoms with E-state index in [1.165, 1.54) is 0 Å². The van der Waals surface area contributed by atoms with Crippen molar-refractivity contribution in [2.45, 2.75) is 19.4 Å². The molecular weight excluding hydrogens is 250 g/mol. The molecule has 4 nitrogen and oxygen atoms in total. The normalized spacial score (nSPS) is 12.2. The summed E-state index contributed by atoms with van der Waals surface area (Å²) < 4.78 is 5.41. The van der Waals surface area contributed by atoms with Crippen LogP contribution in [0.2, 0.25) is 0 Å². The summed E-state index contributed by atoms with van der Waals surface area (Å²) in [7, 11) is 3.63. The number of nitrogens with one attached hydrogen (secondary N) is 1. The van der Waals surface area contributed by atoms with Gasteiger partial charge in [-0.3, -0.25) is 0 Å². The first-order valence-corrected chi connectivity index (χ1v) is 6.67. The molecular formula is C16H21N3O. The molecule has 20 heavy (non-hydrogen) atoms. The highest BCUT2D eigenvalue weighted by molar-refractivity contribution is 5.47. The lowest BCUT2D eigenvalue weighted by atomic mass is 9.95. The van der Waals surface area contributed by atoms with Gasteiger partial charge in [0.05, 0.1) is 7.11 Å². The molecule has 3 N–H and O–H groups in total. The van der Waals surface area contributed by atoms with Gasteiger partial charge in [0.25, 0.3) is 0 Å². The minimum atomic E-state index is 0.111. The van der Waals surface area contributed by atoms with Crippen LogP contribution in [-0.4, -0.2) is 19.1 Å². The molecule has 0 aliphatic rings. The summed E-state index contributed by atoms with van der Waals surface area (Å²) in [6.45, 7) is 2.06. The van der Waals surface area contributed by atoms with Crippen molar-refractivity contribution in [3.8, 4) is 5.75 Å². The molecule has 1 unspecified atom stereocenters. The zero-order valence-electron chi connectivity index (χ0n) is 12.2. The van der Waals surface area contributed by atoms with Gasteiger partial charge in [-0.2, -0.15) is 0 Å². The second kappa shape index (κ2) is 6.39. The van der Waals surface area contributed by atoms with Crippen molar-refractivity contribution >= 4 is 5.82 Å². The molecule has 106 valence electrons. The number of pyridine rings is 1. The number of anilines is 1. The molecule has 0 amide bonds. The van der Waals surface area contributed by atoms with E-state index >= 15 is 0 Å². The first-order valence-electron chi connectivity index (χ1n) is 6.67. The number of nitrogens with zero attached hydrogens (tertiary/aromatic N) is 1. The number of para-hydroxylation sites is 1. The fourth-order valence-corrected chi connectivity index (χ4v) is 2.48. The van der Waals surface area contributed by atoms with Crippen LogP contribution in [0.4, 0.5) is 5.82 Å². The quantitative estimate of drug-likeness (QED) is 0.877. The van der Waals surface area contributed by atoms with Crippen LogP contribution in [0.25, 0.3) is 0 Å². The number of nitrogen functional groups attached to an aromatic ring is 1. The maximum atomic E-state index is 6.04. The molecule has 2 aromatic rings. The largest absolute Gasteiger partial charge is 0.496 e. The number of ether oxygens (including phenoxy) is 1. The molecule has 0 aliphatic carbocycles. The Labute approximate surface area is 120 Å². The number of nitrogens with two attached hydrogens (primary N) is 1. The molecule has 0 aliphatic heterocycles. The Bertz CT molecular complexity index is 563.